The first kappa shape index (κ1) is 7.02. The van der Waals surface area contributed by atoms with Gasteiger partial charge in [-0.3, -0.25) is 0 Å². The molecule has 1 heterocycles. The van der Waals surface area contributed by atoms with E-state index < -0.39 is 0 Å². The zero-order chi connectivity index (χ0) is 5.82. The van der Waals surface area contributed by atoms with Crippen molar-refractivity contribution in [2.24, 2.45) is 0 Å². The van der Waals surface area contributed by atoms with Crippen LogP contribution in [0.2, 0.25) is 0 Å². The van der Waals surface area contributed by atoms with Crippen molar-refractivity contribution in [3.8, 4) is 0 Å². The normalized spacial score (nSPS) is 22.2. The van der Waals surface area contributed by atoms with E-state index in [2.05, 4.69) is 32.7 Å². The Morgan fingerprint density at radius 1 is 1.62 bits per heavy atom. The van der Waals surface area contributed by atoms with E-state index in [0.717, 1.165) is 26.3 Å². The summed E-state index contributed by atoms with van der Waals surface area (Å²) in [4.78, 5) is 4.28. The summed E-state index contributed by atoms with van der Waals surface area (Å²) < 4.78 is 1.52. The molecule has 0 aromatic rings. The summed E-state index contributed by atoms with van der Waals surface area (Å²) in [6.07, 6.45) is 4.39. The molecule has 0 radical (unpaired) electrons. The molecule has 0 aliphatic carbocycles. The number of rotatable bonds is 1. The summed E-state index contributed by atoms with van der Waals surface area (Å²) in [5, 5.41) is 0. The van der Waals surface area contributed by atoms with E-state index in [9.17, 15) is 0 Å². The van der Waals surface area contributed by atoms with Crippen molar-refractivity contribution < 1.29 is 0 Å². The molecule has 0 unspecified atom stereocenters. The van der Waals surface area contributed by atoms with Crippen LogP contribution < -0.4 is 0 Å². The van der Waals surface area contributed by atoms with Crippen LogP contribution in [0.3, 0.4) is 0 Å². The summed E-state index contributed by atoms with van der Waals surface area (Å²) >= 11 is 4.47. The van der Waals surface area contributed by atoms with Gasteiger partial charge in [0.05, 0.1) is 0 Å². The molecule has 0 aromatic heterocycles. The van der Waals surface area contributed by atoms with E-state index in [-0.39, 0.29) is 0 Å². The predicted octanol–water partition coefficient (Wildman–Crippen LogP) is -0.308. The van der Waals surface area contributed by atoms with Crippen LogP contribution in [-0.2, 0) is 0 Å². The van der Waals surface area contributed by atoms with Gasteiger partial charge in [0.2, 0.25) is 0 Å². The Kier molecular flexibility index (Phi) is 3.37. The third-order valence-electron chi connectivity index (χ3n) is 0.665. The minimum absolute atomic E-state index is 0.799. The van der Waals surface area contributed by atoms with Crippen LogP contribution in [0.5, 0.6) is 0 Å². The van der Waals surface area contributed by atoms with E-state index >= 15 is 0 Å². The molecule has 0 saturated carbocycles. The van der Waals surface area contributed by atoms with Gasteiger partial charge in [-0.25, -0.2) is 0 Å². The molecule has 42 valence electrons. The zero-order valence-corrected chi connectivity index (χ0v) is 9.17. The van der Waals surface area contributed by atoms with Crippen molar-refractivity contribution in [1.29, 1.82) is 0 Å². The monoisotopic (exact) mass is 304 g/mol. The van der Waals surface area contributed by atoms with Crippen LogP contribution >= 0.6 is 0 Å². The van der Waals surface area contributed by atoms with Crippen LogP contribution in [-0.4, -0.2) is 46.8 Å². The first-order chi connectivity index (χ1) is 3.93. The van der Waals surface area contributed by atoms with Crippen LogP contribution in [0.1, 0.15) is 0 Å². The Bertz CT molecular complexity index is 146. The summed E-state index contributed by atoms with van der Waals surface area (Å²) in [6, 6.07) is 0. The van der Waals surface area contributed by atoms with E-state index in [1.165, 1.54) is 4.47 Å². The molecule has 0 spiro atoms. The molecule has 0 fully saturated rings. The van der Waals surface area contributed by atoms with Gasteiger partial charge in [-0.1, -0.05) is 0 Å². The van der Waals surface area contributed by atoms with E-state index in [0.29, 0.717) is 0 Å². The van der Waals surface area contributed by atoms with Crippen molar-refractivity contribution in [3.63, 3.8) is 0 Å². The standard InChI is InChI=1S/C5H4Se3/c6-3-1-5-2-4-7-8-5/h1-4H. The van der Waals surface area contributed by atoms with Gasteiger partial charge in [0.25, 0.3) is 0 Å². The molecule has 0 atom stereocenters. The fourth-order valence-corrected chi connectivity index (χ4v) is 6.46. The zero-order valence-electron chi connectivity index (χ0n) is 4.03. The average Bonchev–Trinajstić information content (AvgIpc) is 2.19. The van der Waals surface area contributed by atoms with Crippen LogP contribution in [0, 0.1) is 0 Å². The number of hydrogen-bond donors (Lipinski definition) is 0. The van der Waals surface area contributed by atoms with E-state index in [1.54, 1.807) is 0 Å². The first-order valence-electron chi connectivity index (χ1n) is 2.09. The summed E-state index contributed by atoms with van der Waals surface area (Å²) in [5.74, 6) is 0. The second-order valence-electron chi connectivity index (χ2n) is 1.19. The molecule has 0 amide bonds. The summed E-state index contributed by atoms with van der Waals surface area (Å²) in [6.45, 7) is 0. The van der Waals surface area contributed by atoms with E-state index in [4.69, 9.17) is 0 Å². The van der Waals surface area contributed by atoms with Gasteiger partial charge in [0.1, 0.15) is 0 Å². The molecular weight excluding hydrogens is 297 g/mol. The molecule has 1 aliphatic rings. The Hall–Kier alpha value is 0.908. The molecule has 0 aromatic carbocycles. The van der Waals surface area contributed by atoms with Gasteiger partial charge in [0.15, 0.2) is 0 Å². The minimum atomic E-state index is 0.799. The fraction of sp³-hybridized carbons (Fsp3) is 0. The Labute approximate surface area is 68.0 Å². The second kappa shape index (κ2) is 3.84. The SMILES string of the molecule is [Se]=CC=C1C=C[Se][Se]1. The summed E-state index contributed by atoms with van der Waals surface area (Å²) in [7, 11) is 0. The van der Waals surface area contributed by atoms with E-state index in [1.807, 2.05) is 4.92 Å². The molecule has 0 saturated heterocycles. The van der Waals surface area contributed by atoms with Crippen molar-refractivity contribution in [2.45, 2.75) is 0 Å². The molecular formula is C5H4Se3. The third-order valence-corrected chi connectivity index (χ3v) is 7.00. The van der Waals surface area contributed by atoms with Crippen LogP contribution in [0.25, 0.3) is 0 Å². The van der Waals surface area contributed by atoms with Gasteiger partial charge in [-0.2, -0.15) is 0 Å². The third kappa shape index (κ3) is 2.03. The number of hydrogen-bond acceptors (Lipinski definition) is 0. The molecule has 1 rings (SSSR count). The predicted molar refractivity (Wildman–Crippen MR) is 40.5 cm³/mol. The Morgan fingerprint density at radius 2 is 2.50 bits per heavy atom. The molecule has 0 bridgehead atoms. The summed E-state index contributed by atoms with van der Waals surface area (Å²) in [5.41, 5.74) is 0. The van der Waals surface area contributed by atoms with Crippen molar-refractivity contribution in [1.82, 2.24) is 0 Å². The van der Waals surface area contributed by atoms with Gasteiger partial charge in [0, 0.05) is 0 Å². The van der Waals surface area contributed by atoms with Crippen LogP contribution in [0.15, 0.2) is 21.6 Å². The Morgan fingerprint density at radius 3 is 3.00 bits per heavy atom. The molecule has 0 nitrogen and oxygen atoms in total. The first-order valence-corrected chi connectivity index (χ1v) is 9.25. The van der Waals surface area contributed by atoms with Crippen molar-refractivity contribution in [2.75, 3.05) is 0 Å². The van der Waals surface area contributed by atoms with Gasteiger partial charge >= 0.3 is 68.4 Å². The number of allylic oxidation sites excluding steroid dienone is 3. The van der Waals surface area contributed by atoms with Crippen molar-refractivity contribution >= 4 is 46.8 Å². The molecule has 3 heteroatoms. The maximum atomic E-state index is 2.85. The van der Waals surface area contributed by atoms with Gasteiger partial charge in [-0.05, 0) is 0 Å². The molecule has 8 heavy (non-hydrogen) atoms. The molecule has 0 N–H and O–H groups in total. The van der Waals surface area contributed by atoms with Gasteiger partial charge in [-0.15, -0.1) is 0 Å². The topological polar surface area (TPSA) is 0 Å². The fourth-order valence-electron chi connectivity index (χ4n) is 0.356. The maximum absolute atomic E-state index is 2.85. The second-order valence-corrected chi connectivity index (χ2v) is 7.99. The van der Waals surface area contributed by atoms with Gasteiger partial charge < -0.3 is 0 Å². The average molecular weight is 301 g/mol. The Balaban J connectivity index is 2.58. The van der Waals surface area contributed by atoms with Crippen LogP contribution in [0.4, 0.5) is 0 Å². The van der Waals surface area contributed by atoms with Crippen molar-refractivity contribution in [3.05, 3.63) is 21.6 Å². The quantitative estimate of drug-likeness (QED) is 0.583. The molecule has 1 aliphatic heterocycles.